The number of benzene rings is 2. The molecule has 0 heterocycles. The monoisotopic (exact) mass is 284 g/mol. The number of rotatable bonds is 8. The number of unbranched alkanes of at least 4 members (excludes halogenated alkanes) is 1. The van der Waals surface area contributed by atoms with E-state index in [9.17, 15) is 0 Å². The number of fused-ring (bicyclic) bond motifs is 1. The lowest BCUT2D eigenvalue weighted by atomic mass is 10.0. The minimum absolute atomic E-state index is 0.395. The number of nitrogens with one attached hydrogen (secondary N) is 1. The Labute approximate surface area is 129 Å². The van der Waals surface area contributed by atoms with Crippen molar-refractivity contribution < 1.29 is 0 Å². The molecule has 1 N–H and O–H groups in total. The second-order valence-electron chi connectivity index (χ2n) is 5.69. The molecule has 2 heteroatoms. The number of nitrogens with zero attached hydrogens (tertiary/aromatic N) is 1. The second-order valence-corrected chi connectivity index (χ2v) is 5.69. The van der Waals surface area contributed by atoms with Crippen LogP contribution in [0.25, 0.3) is 10.8 Å². The van der Waals surface area contributed by atoms with E-state index < -0.39 is 0 Å². The summed E-state index contributed by atoms with van der Waals surface area (Å²) in [6.07, 6.45) is 2.54. The van der Waals surface area contributed by atoms with Gasteiger partial charge in [-0.3, -0.25) is 0 Å². The zero-order chi connectivity index (χ0) is 15.1. The van der Waals surface area contributed by atoms with Gasteiger partial charge >= 0.3 is 0 Å². The van der Waals surface area contributed by atoms with Crippen LogP contribution in [0, 0.1) is 0 Å². The largest absolute Gasteiger partial charge is 0.312 e. The third kappa shape index (κ3) is 4.29. The van der Waals surface area contributed by atoms with Crippen LogP contribution >= 0.6 is 0 Å². The van der Waals surface area contributed by atoms with Crippen LogP contribution in [0.4, 0.5) is 0 Å². The summed E-state index contributed by atoms with van der Waals surface area (Å²) in [5, 5.41) is 6.12. The number of likely N-dealkylation sites (N-methyl/N-ethyl adjacent to an activating group) is 2. The van der Waals surface area contributed by atoms with Crippen molar-refractivity contribution in [3.8, 4) is 0 Å². The molecule has 0 fully saturated rings. The fourth-order valence-electron chi connectivity index (χ4n) is 2.81. The Hall–Kier alpha value is -1.38. The van der Waals surface area contributed by atoms with E-state index >= 15 is 0 Å². The Balaban J connectivity index is 2.14. The molecule has 0 saturated carbocycles. The van der Waals surface area contributed by atoms with E-state index in [1.165, 1.54) is 35.7 Å². The van der Waals surface area contributed by atoms with Crippen LogP contribution in [-0.4, -0.2) is 31.6 Å². The smallest absolute Gasteiger partial charge is 0.0447 e. The van der Waals surface area contributed by atoms with Gasteiger partial charge in [0.15, 0.2) is 0 Å². The first-order chi connectivity index (χ1) is 10.3. The van der Waals surface area contributed by atoms with E-state index in [2.05, 4.69) is 73.6 Å². The Morgan fingerprint density at radius 1 is 1.05 bits per heavy atom. The molecule has 0 aliphatic heterocycles. The van der Waals surface area contributed by atoms with Gasteiger partial charge < -0.3 is 10.2 Å². The summed E-state index contributed by atoms with van der Waals surface area (Å²) in [4.78, 5) is 2.54. The average Bonchev–Trinajstić information content (AvgIpc) is 2.55. The van der Waals surface area contributed by atoms with Gasteiger partial charge in [-0.15, -0.1) is 0 Å². The maximum Gasteiger partial charge on any atom is 0.0447 e. The first kappa shape index (κ1) is 16.0. The van der Waals surface area contributed by atoms with E-state index in [0.717, 1.165) is 13.1 Å². The maximum atomic E-state index is 3.48. The maximum absolute atomic E-state index is 3.48. The molecule has 1 atom stereocenters. The standard InChI is InChI=1S/C19H28N2/c1-4-6-13-21(5-2)15-19(20-3)18-12-11-16-9-7-8-10-17(16)14-18/h7-12,14,19-20H,4-6,13,15H2,1-3H3. The molecule has 0 bridgehead atoms. The van der Waals surface area contributed by atoms with Crippen molar-refractivity contribution >= 4 is 10.8 Å². The number of hydrogen-bond donors (Lipinski definition) is 1. The van der Waals surface area contributed by atoms with E-state index in [-0.39, 0.29) is 0 Å². The Morgan fingerprint density at radius 3 is 2.48 bits per heavy atom. The Morgan fingerprint density at radius 2 is 1.81 bits per heavy atom. The summed E-state index contributed by atoms with van der Waals surface area (Å²) in [5.74, 6) is 0. The summed E-state index contributed by atoms with van der Waals surface area (Å²) >= 11 is 0. The average molecular weight is 284 g/mol. The van der Waals surface area contributed by atoms with Gasteiger partial charge in [-0.1, -0.05) is 56.7 Å². The van der Waals surface area contributed by atoms with Crippen molar-refractivity contribution in [1.82, 2.24) is 10.2 Å². The van der Waals surface area contributed by atoms with Crippen molar-refractivity contribution in [3.05, 3.63) is 48.0 Å². The summed E-state index contributed by atoms with van der Waals surface area (Å²) in [6, 6.07) is 15.8. The molecule has 1 unspecified atom stereocenters. The summed E-state index contributed by atoms with van der Waals surface area (Å²) in [6.45, 7) is 7.89. The Kier molecular flexibility index (Phi) is 6.21. The minimum atomic E-state index is 0.395. The molecule has 0 saturated heterocycles. The highest BCUT2D eigenvalue weighted by Gasteiger charge is 2.13. The molecular formula is C19H28N2. The fraction of sp³-hybridized carbons (Fsp3) is 0.474. The molecular weight excluding hydrogens is 256 g/mol. The highest BCUT2D eigenvalue weighted by atomic mass is 15.1. The quantitative estimate of drug-likeness (QED) is 0.780. The molecule has 2 aromatic rings. The van der Waals surface area contributed by atoms with E-state index in [1.54, 1.807) is 0 Å². The van der Waals surface area contributed by atoms with Crippen LogP contribution in [0.5, 0.6) is 0 Å². The van der Waals surface area contributed by atoms with Crippen molar-refractivity contribution in [2.45, 2.75) is 32.7 Å². The molecule has 21 heavy (non-hydrogen) atoms. The molecule has 114 valence electrons. The minimum Gasteiger partial charge on any atom is -0.312 e. The van der Waals surface area contributed by atoms with Crippen molar-refractivity contribution in [3.63, 3.8) is 0 Å². The van der Waals surface area contributed by atoms with Gasteiger partial charge in [-0.25, -0.2) is 0 Å². The van der Waals surface area contributed by atoms with Gasteiger partial charge in [0, 0.05) is 12.6 Å². The van der Waals surface area contributed by atoms with Crippen LogP contribution < -0.4 is 5.32 Å². The predicted molar refractivity (Wildman–Crippen MR) is 92.8 cm³/mol. The van der Waals surface area contributed by atoms with Gasteiger partial charge in [0.2, 0.25) is 0 Å². The molecule has 0 amide bonds. The molecule has 0 aliphatic carbocycles. The van der Waals surface area contributed by atoms with Gasteiger partial charge in [0.25, 0.3) is 0 Å². The normalized spacial score (nSPS) is 13.0. The predicted octanol–water partition coefficient (Wildman–Crippen LogP) is 4.22. The first-order valence-corrected chi connectivity index (χ1v) is 8.16. The van der Waals surface area contributed by atoms with Gasteiger partial charge in [0.1, 0.15) is 0 Å². The zero-order valence-corrected chi connectivity index (χ0v) is 13.6. The molecule has 2 rings (SSSR count). The van der Waals surface area contributed by atoms with Gasteiger partial charge in [0.05, 0.1) is 0 Å². The Bertz CT molecular complexity index is 550. The first-order valence-electron chi connectivity index (χ1n) is 8.16. The highest BCUT2D eigenvalue weighted by Crippen LogP contribution is 2.21. The molecule has 2 nitrogen and oxygen atoms in total. The lowest BCUT2D eigenvalue weighted by Crippen LogP contribution is -2.34. The molecule has 0 aromatic heterocycles. The van der Waals surface area contributed by atoms with E-state index in [1.807, 2.05) is 0 Å². The molecule has 0 radical (unpaired) electrons. The zero-order valence-electron chi connectivity index (χ0n) is 13.6. The van der Waals surface area contributed by atoms with Crippen LogP contribution in [0.2, 0.25) is 0 Å². The summed E-state index contributed by atoms with van der Waals surface area (Å²) in [5.41, 5.74) is 1.38. The highest BCUT2D eigenvalue weighted by molar-refractivity contribution is 5.83. The summed E-state index contributed by atoms with van der Waals surface area (Å²) < 4.78 is 0. The van der Waals surface area contributed by atoms with Gasteiger partial charge in [-0.05, 0) is 49.0 Å². The third-order valence-corrected chi connectivity index (χ3v) is 4.24. The van der Waals surface area contributed by atoms with Crippen LogP contribution in [0.15, 0.2) is 42.5 Å². The van der Waals surface area contributed by atoms with E-state index in [4.69, 9.17) is 0 Å². The topological polar surface area (TPSA) is 15.3 Å². The molecule has 2 aromatic carbocycles. The fourth-order valence-corrected chi connectivity index (χ4v) is 2.81. The van der Waals surface area contributed by atoms with Crippen molar-refractivity contribution in [2.75, 3.05) is 26.7 Å². The van der Waals surface area contributed by atoms with Crippen LogP contribution in [-0.2, 0) is 0 Å². The molecule has 0 aliphatic rings. The lowest BCUT2D eigenvalue weighted by molar-refractivity contribution is 0.254. The van der Waals surface area contributed by atoms with Crippen molar-refractivity contribution in [1.29, 1.82) is 0 Å². The SMILES string of the molecule is CCCCN(CC)CC(NC)c1ccc2ccccc2c1. The second kappa shape index (κ2) is 8.16. The van der Waals surface area contributed by atoms with Crippen LogP contribution in [0.3, 0.4) is 0 Å². The summed E-state index contributed by atoms with van der Waals surface area (Å²) in [7, 11) is 2.06. The number of hydrogen-bond acceptors (Lipinski definition) is 2. The van der Waals surface area contributed by atoms with Crippen LogP contribution in [0.1, 0.15) is 38.3 Å². The third-order valence-electron chi connectivity index (χ3n) is 4.24. The van der Waals surface area contributed by atoms with Crippen molar-refractivity contribution in [2.24, 2.45) is 0 Å². The molecule has 0 spiro atoms. The van der Waals surface area contributed by atoms with E-state index in [0.29, 0.717) is 6.04 Å². The lowest BCUT2D eigenvalue weighted by Gasteiger charge is -2.26. The van der Waals surface area contributed by atoms with Gasteiger partial charge in [-0.2, -0.15) is 0 Å².